The highest BCUT2D eigenvalue weighted by Gasteiger charge is 2.27. The Bertz CT molecular complexity index is 579. The highest BCUT2D eigenvalue weighted by atomic mass is 16.2. The van der Waals surface area contributed by atoms with E-state index in [1.807, 2.05) is 24.3 Å². The molecule has 0 radical (unpaired) electrons. The van der Waals surface area contributed by atoms with Gasteiger partial charge in [-0.05, 0) is 30.4 Å². The number of benzene rings is 2. The molecule has 0 saturated carbocycles. The summed E-state index contributed by atoms with van der Waals surface area (Å²) in [6.07, 6.45) is 3.77. The zero-order valence-corrected chi connectivity index (χ0v) is 12.2. The fourth-order valence-electron chi connectivity index (χ4n) is 3.09. The predicted octanol–water partition coefficient (Wildman–Crippen LogP) is 3.81. The average molecular weight is 279 g/mol. The number of hydrogen-bond donors (Lipinski definition) is 0. The van der Waals surface area contributed by atoms with E-state index in [-0.39, 0.29) is 0 Å². The summed E-state index contributed by atoms with van der Waals surface area (Å²) in [7, 11) is 0. The van der Waals surface area contributed by atoms with Crippen LogP contribution in [0.5, 0.6) is 0 Å². The van der Waals surface area contributed by atoms with Crippen molar-refractivity contribution in [3.8, 4) is 0 Å². The second-order valence-electron chi connectivity index (χ2n) is 5.74. The van der Waals surface area contributed by atoms with Gasteiger partial charge in [-0.3, -0.25) is 4.79 Å². The molecule has 21 heavy (non-hydrogen) atoms. The van der Waals surface area contributed by atoms with Crippen LogP contribution >= 0.6 is 0 Å². The molecule has 3 rings (SSSR count). The van der Waals surface area contributed by atoms with E-state index < -0.39 is 0 Å². The van der Waals surface area contributed by atoms with Crippen LogP contribution in [-0.4, -0.2) is 16.8 Å². The van der Waals surface area contributed by atoms with Gasteiger partial charge in [-0.25, -0.2) is 0 Å². The second-order valence-corrected chi connectivity index (χ2v) is 5.74. The molecule has 2 nitrogen and oxygen atoms in total. The minimum atomic E-state index is 0.297. The van der Waals surface area contributed by atoms with Crippen LogP contribution in [0.3, 0.4) is 0 Å². The van der Waals surface area contributed by atoms with Gasteiger partial charge in [0.2, 0.25) is 5.91 Å². The van der Waals surface area contributed by atoms with Crippen molar-refractivity contribution in [3.63, 3.8) is 0 Å². The minimum absolute atomic E-state index is 0.297. The molecular weight excluding hydrogens is 258 g/mol. The molecule has 1 unspecified atom stereocenters. The third-order valence-electron chi connectivity index (χ3n) is 4.20. The molecule has 0 aliphatic carbocycles. The van der Waals surface area contributed by atoms with Crippen LogP contribution in [0.4, 0.5) is 0 Å². The molecule has 1 aliphatic heterocycles. The molecule has 2 aromatic carbocycles. The van der Waals surface area contributed by atoms with Crippen molar-refractivity contribution in [2.75, 3.05) is 0 Å². The molecule has 2 heteroatoms. The van der Waals surface area contributed by atoms with Gasteiger partial charge in [0.25, 0.3) is 0 Å². The smallest absolute Gasteiger partial charge is 0.223 e. The van der Waals surface area contributed by atoms with E-state index in [0.29, 0.717) is 18.4 Å². The van der Waals surface area contributed by atoms with E-state index in [0.717, 1.165) is 25.8 Å². The summed E-state index contributed by atoms with van der Waals surface area (Å²) in [6, 6.07) is 21.1. The third kappa shape index (κ3) is 3.52. The first-order valence-electron chi connectivity index (χ1n) is 7.70. The van der Waals surface area contributed by atoms with Gasteiger partial charge in [0, 0.05) is 19.0 Å². The molecule has 0 aromatic heterocycles. The molecule has 1 fully saturated rings. The number of nitrogens with zero attached hydrogens (tertiary/aromatic N) is 1. The van der Waals surface area contributed by atoms with Crippen LogP contribution in [0, 0.1) is 0 Å². The van der Waals surface area contributed by atoms with Gasteiger partial charge in [-0.2, -0.15) is 0 Å². The summed E-state index contributed by atoms with van der Waals surface area (Å²) in [5, 5.41) is 0. The predicted molar refractivity (Wildman–Crippen MR) is 84.8 cm³/mol. The first kappa shape index (κ1) is 13.9. The summed E-state index contributed by atoms with van der Waals surface area (Å²) in [6.45, 7) is 0.733. The Morgan fingerprint density at radius 1 is 0.905 bits per heavy atom. The highest BCUT2D eigenvalue weighted by molar-refractivity contribution is 5.77. The van der Waals surface area contributed by atoms with Crippen LogP contribution in [0.25, 0.3) is 0 Å². The van der Waals surface area contributed by atoms with Gasteiger partial charge in [0.05, 0.1) is 0 Å². The molecule has 0 N–H and O–H groups in total. The summed E-state index contributed by atoms with van der Waals surface area (Å²) in [5.41, 5.74) is 2.53. The van der Waals surface area contributed by atoms with E-state index in [9.17, 15) is 4.79 Å². The molecule has 0 bridgehead atoms. The number of rotatable bonds is 4. The Balaban J connectivity index is 1.75. The van der Waals surface area contributed by atoms with Gasteiger partial charge in [0.15, 0.2) is 0 Å². The molecule has 1 heterocycles. The van der Waals surface area contributed by atoms with E-state index in [4.69, 9.17) is 0 Å². The van der Waals surface area contributed by atoms with Crippen LogP contribution in [0.1, 0.15) is 30.4 Å². The Morgan fingerprint density at radius 2 is 1.52 bits per heavy atom. The third-order valence-corrected chi connectivity index (χ3v) is 4.20. The molecule has 1 amide bonds. The van der Waals surface area contributed by atoms with E-state index in [2.05, 4.69) is 41.3 Å². The fraction of sp³-hybridized carbons (Fsp3) is 0.316. The first-order chi connectivity index (χ1) is 10.3. The molecule has 1 aliphatic rings. The zero-order chi connectivity index (χ0) is 14.5. The molecule has 2 aromatic rings. The van der Waals surface area contributed by atoms with Crippen molar-refractivity contribution in [3.05, 3.63) is 71.8 Å². The molecular formula is C19H21NO. The summed E-state index contributed by atoms with van der Waals surface area (Å²) in [4.78, 5) is 14.4. The van der Waals surface area contributed by atoms with E-state index in [1.165, 1.54) is 11.1 Å². The zero-order valence-electron chi connectivity index (χ0n) is 12.2. The fourth-order valence-corrected chi connectivity index (χ4v) is 3.09. The van der Waals surface area contributed by atoms with Crippen molar-refractivity contribution < 1.29 is 4.79 Å². The topological polar surface area (TPSA) is 20.3 Å². The van der Waals surface area contributed by atoms with Gasteiger partial charge in [-0.15, -0.1) is 0 Å². The molecule has 0 spiro atoms. The number of carbonyl (C=O) groups is 1. The number of likely N-dealkylation sites (tertiary alicyclic amines) is 1. The Labute approximate surface area is 126 Å². The second kappa shape index (κ2) is 6.57. The summed E-state index contributed by atoms with van der Waals surface area (Å²) < 4.78 is 0. The van der Waals surface area contributed by atoms with Crippen molar-refractivity contribution >= 4 is 5.91 Å². The summed E-state index contributed by atoms with van der Waals surface area (Å²) in [5.74, 6) is 0.297. The lowest BCUT2D eigenvalue weighted by Crippen LogP contribution is -2.44. The first-order valence-corrected chi connectivity index (χ1v) is 7.70. The standard InChI is InChI=1S/C19H21NO/c21-19-13-7-12-18(14-16-8-3-1-4-9-16)20(19)15-17-10-5-2-6-11-17/h1-6,8-11,18H,7,12-15H2. The van der Waals surface area contributed by atoms with Crippen molar-refractivity contribution in [1.82, 2.24) is 4.90 Å². The maximum atomic E-state index is 12.3. The van der Waals surface area contributed by atoms with Gasteiger partial charge in [-0.1, -0.05) is 60.7 Å². The maximum Gasteiger partial charge on any atom is 0.223 e. The van der Waals surface area contributed by atoms with E-state index >= 15 is 0 Å². The van der Waals surface area contributed by atoms with Gasteiger partial charge < -0.3 is 4.90 Å². The Hall–Kier alpha value is -2.09. The SMILES string of the molecule is O=C1CCCC(Cc2ccccc2)N1Cc1ccccc1. The Kier molecular flexibility index (Phi) is 4.34. The number of hydrogen-bond acceptors (Lipinski definition) is 1. The Morgan fingerprint density at radius 3 is 2.19 bits per heavy atom. The normalized spacial score (nSPS) is 18.8. The lowest BCUT2D eigenvalue weighted by Gasteiger charge is -2.36. The van der Waals surface area contributed by atoms with Crippen molar-refractivity contribution in [1.29, 1.82) is 0 Å². The van der Waals surface area contributed by atoms with Crippen molar-refractivity contribution in [2.45, 2.75) is 38.3 Å². The maximum absolute atomic E-state index is 12.3. The quantitative estimate of drug-likeness (QED) is 0.833. The largest absolute Gasteiger partial charge is 0.335 e. The number of amides is 1. The van der Waals surface area contributed by atoms with Crippen LogP contribution in [-0.2, 0) is 17.8 Å². The van der Waals surface area contributed by atoms with Crippen molar-refractivity contribution in [2.24, 2.45) is 0 Å². The van der Waals surface area contributed by atoms with Gasteiger partial charge >= 0.3 is 0 Å². The summed E-state index contributed by atoms with van der Waals surface area (Å²) >= 11 is 0. The van der Waals surface area contributed by atoms with Gasteiger partial charge in [0.1, 0.15) is 0 Å². The van der Waals surface area contributed by atoms with Crippen LogP contribution in [0.15, 0.2) is 60.7 Å². The molecule has 108 valence electrons. The molecule has 1 atom stereocenters. The number of carbonyl (C=O) groups excluding carboxylic acids is 1. The lowest BCUT2D eigenvalue weighted by molar-refractivity contribution is -0.137. The van der Waals surface area contributed by atoms with Crippen LogP contribution < -0.4 is 0 Å². The lowest BCUT2D eigenvalue weighted by atomic mass is 9.94. The number of piperidine rings is 1. The van der Waals surface area contributed by atoms with E-state index in [1.54, 1.807) is 0 Å². The highest BCUT2D eigenvalue weighted by Crippen LogP contribution is 2.23. The molecule has 1 saturated heterocycles. The monoisotopic (exact) mass is 279 g/mol. The average Bonchev–Trinajstić information content (AvgIpc) is 2.53. The van der Waals surface area contributed by atoms with Crippen LogP contribution in [0.2, 0.25) is 0 Å². The minimum Gasteiger partial charge on any atom is -0.335 e.